The fraction of sp³-hybridized carbons (Fsp3) is 0.250. The first-order valence-corrected chi connectivity index (χ1v) is 10.3. The van der Waals surface area contributed by atoms with Crippen LogP contribution in [0, 0.1) is 0 Å². The van der Waals surface area contributed by atoms with E-state index in [9.17, 15) is 14.4 Å². The largest absolute Gasteiger partial charge is 0.481 e. The molecule has 1 N–H and O–H groups in total. The number of aromatic nitrogens is 2. The predicted octanol–water partition coefficient (Wildman–Crippen LogP) is 2.46. The number of ether oxygens (including phenoxy) is 1. The molecule has 0 radical (unpaired) electrons. The second kappa shape index (κ2) is 9.05. The van der Waals surface area contributed by atoms with Crippen LogP contribution in [0.15, 0.2) is 59.7 Å². The van der Waals surface area contributed by atoms with Crippen LogP contribution < -0.4 is 15.6 Å². The van der Waals surface area contributed by atoms with E-state index in [4.69, 9.17) is 4.74 Å². The lowest BCUT2D eigenvalue weighted by molar-refractivity contribution is -0.129. The molecule has 0 bridgehead atoms. The molecule has 8 heteroatoms. The van der Waals surface area contributed by atoms with Gasteiger partial charge in [-0.25, -0.2) is 4.98 Å². The van der Waals surface area contributed by atoms with Gasteiger partial charge in [-0.15, -0.1) is 0 Å². The molecule has 0 saturated heterocycles. The van der Waals surface area contributed by atoms with Gasteiger partial charge in [0.1, 0.15) is 5.56 Å². The van der Waals surface area contributed by atoms with Crippen LogP contribution in [-0.4, -0.2) is 39.9 Å². The zero-order valence-electron chi connectivity index (χ0n) is 18.0. The van der Waals surface area contributed by atoms with Gasteiger partial charge in [0.05, 0.1) is 25.5 Å². The number of fused-ring (bicyclic) bond motifs is 1. The summed E-state index contributed by atoms with van der Waals surface area (Å²) in [5.41, 5.74) is 2.65. The van der Waals surface area contributed by atoms with Gasteiger partial charge < -0.3 is 19.5 Å². The summed E-state index contributed by atoms with van der Waals surface area (Å²) >= 11 is 0. The Balaban J connectivity index is 1.74. The predicted molar refractivity (Wildman–Crippen MR) is 120 cm³/mol. The number of carbonyl (C=O) groups is 2. The summed E-state index contributed by atoms with van der Waals surface area (Å²) in [4.78, 5) is 44.3. The number of anilines is 1. The number of amides is 2. The highest BCUT2D eigenvalue weighted by Crippen LogP contribution is 2.22. The maximum absolute atomic E-state index is 13.4. The zero-order chi connectivity index (χ0) is 22.7. The average Bonchev–Trinajstić information content (AvgIpc) is 2.80. The van der Waals surface area contributed by atoms with Crippen LogP contribution in [0.2, 0.25) is 0 Å². The lowest BCUT2D eigenvalue weighted by atomic mass is 9.95. The Morgan fingerprint density at radius 1 is 1.16 bits per heavy atom. The van der Waals surface area contributed by atoms with Crippen molar-refractivity contribution >= 4 is 17.5 Å². The third kappa shape index (κ3) is 4.39. The van der Waals surface area contributed by atoms with Gasteiger partial charge in [-0.1, -0.05) is 30.3 Å². The summed E-state index contributed by atoms with van der Waals surface area (Å²) in [6.07, 6.45) is 3.69. The Kier molecular flexibility index (Phi) is 6.02. The van der Waals surface area contributed by atoms with Crippen LogP contribution in [-0.2, 0) is 24.3 Å². The number of nitrogens with one attached hydrogen (secondary N) is 1. The molecule has 2 aromatic heterocycles. The Bertz CT molecular complexity index is 1200. The Hall–Kier alpha value is -3.94. The molecule has 0 aliphatic carbocycles. The smallest absolute Gasteiger partial charge is 0.264 e. The molecule has 0 unspecified atom stereocenters. The van der Waals surface area contributed by atoms with Gasteiger partial charge in [-0.05, 0) is 29.2 Å². The lowest BCUT2D eigenvalue weighted by Crippen LogP contribution is -2.39. The van der Waals surface area contributed by atoms with Crippen molar-refractivity contribution in [2.45, 2.75) is 26.4 Å². The van der Waals surface area contributed by atoms with E-state index in [0.717, 1.165) is 11.1 Å². The second-order valence-electron chi connectivity index (χ2n) is 7.66. The molecule has 2 amide bonds. The van der Waals surface area contributed by atoms with Crippen molar-refractivity contribution in [1.29, 1.82) is 0 Å². The topological polar surface area (TPSA) is 93.5 Å². The van der Waals surface area contributed by atoms with E-state index in [1.807, 2.05) is 30.3 Å². The fourth-order valence-electron chi connectivity index (χ4n) is 3.88. The molecule has 4 rings (SSSR count). The molecular formula is C24H24N4O4. The number of carbonyl (C=O) groups excluding carboxylic acids is 2. The summed E-state index contributed by atoms with van der Waals surface area (Å²) < 4.78 is 6.59. The standard InChI is InChI=1S/C24H24N4O4/c1-16(29)27-11-10-20-18(14-27)15-28(13-17-6-4-3-5-7-17)24(31)22(20)23(30)26-19-8-9-21(32-2)25-12-19/h3-9,12,15H,10-11,13-14H2,1-2H3,(H,26,30). The van der Waals surface area contributed by atoms with Gasteiger partial charge in [0.15, 0.2) is 0 Å². The number of benzene rings is 1. The van der Waals surface area contributed by atoms with Crippen LogP contribution in [0.1, 0.15) is 34.0 Å². The van der Waals surface area contributed by atoms with Crippen LogP contribution in [0.25, 0.3) is 0 Å². The molecule has 0 saturated carbocycles. The van der Waals surface area contributed by atoms with Crippen molar-refractivity contribution < 1.29 is 14.3 Å². The molecule has 1 aliphatic rings. The molecule has 0 spiro atoms. The first-order valence-electron chi connectivity index (χ1n) is 10.3. The first-order chi connectivity index (χ1) is 15.5. The number of hydrogen-bond acceptors (Lipinski definition) is 5. The summed E-state index contributed by atoms with van der Waals surface area (Å²) in [5.74, 6) is -0.0988. The highest BCUT2D eigenvalue weighted by Gasteiger charge is 2.27. The van der Waals surface area contributed by atoms with Gasteiger partial charge in [-0.3, -0.25) is 14.4 Å². The van der Waals surface area contributed by atoms with Crippen LogP contribution in [0.3, 0.4) is 0 Å². The molecule has 32 heavy (non-hydrogen) atoms. The van der Waals surface area contributed by atoms with Crippen molar-refractivity contribution in [2.75, 3.05) is 19.0 Å². The highest BCUT2D eigenvalue weighted by molar-refractivity contribution is 6.05. The van der Waals surface area contributed by atoms with Crippen LogP contribution in [0.4, 0.5) is 5.69 Å². The van der Waals surface area contributed by atoms with Crippen LogP contribution >= 0.6 is 0 Å². The molecule has 1 aromatic carbocycles. The number of nitrogens with zero attached hydrogens (tertiary/aromatic N) is 3. The Morgan fingerprint density at radius 2 is 1.94 bits per heavy atom. The molecule has 1 aliphatic heterocycles. The Labute approximate surface area is 185 Å². The van der Waals surface area contributed by atoms with E-state index < -0.39 is 5.91 Å². The van der Waals surface area contributed by atoms with Crippen molar-refractivity contribution in [1.82, 2.24) is 14.5 Å². The first kappa shape index (κ1) is 21.3. The zero-order valence-corrected chi connectivity index (χ0v) is 18.0. The van der Waals surface area contributed by atoms with Crippen molar-refractivity contribution in [2.24, 2.45) is 0 Å². The minimum atomic E-state index is -0.489. The SMILES string of the molecule is COc1ccc(NC(=O)c2c3c(cn(Cc4ccccc4)c2=O)CN(C(C)=O)CC3)cn1. The molecule has 164 valence electrons. The van der Waals surface area contributed by atoms with Crippen molar-refractivity contribution in [3.63, 3.8) is 0 Å². The molecule has 3 heterocycles. The van der Waals surface area contributed by atoms with Crippen molar-refractivity contribution in [3.8, 4) is 5.88 Å². The summed E-state index contributed by atoms with van der Waals surface area (Å²) in [7, 11) is 1.51. The van der Waals surface area contributed by atoms with E-state index in [2.05, 4.69) is 10.3 Å². The summed E-state index contributed by atoms with van der Waals surface area (Å²) in [5, 5.41) is 2.77. The normalized spacial score (nSPS) is 12.8. The van der Waals surface area contributed by atoms with E-state index in [1.54, 1.807) is 27.8 Å². The quantitative estimate of drug-likeness (QED) is 0.669. The van der Waals surface area contributed by atoms with Gasteiger partial charge in [0.2, 0.25) is 11.8 Å². The average molecular weight is 432 g/mol. The number of pyridine rings is 2. The maximum Gasteiger partial charge on any atom is 0.264 e. The molecule has 8 nitrogen and oxygen atoms in total. The van der Waals surface area contributed by atoms with E-state index in [1.165, 1.54) is 20.2 Å². The number of methoxy groups -OCH3 is 1. The van der Waals surface area contributed by atoms with Gasteiger partial charge in [0, 0.05) is 32.3 Å². The van der Waals surface area contributed by atoms with E-state index >= 15 is 0 Å². The molecule has 0 fully saturated rings. The third-order valence-corrected chi connectivity index (χ3v) is 5.54. The Morgan fingerprint density at radius 3 is 2.59 bits per heavy atom. The third-order valence-electron chi connectivity index (χ3n) is 5.54. The maximum atomic E-state index is 13.4. The van der Waals surface area contributed by atoms with Gasteiger partial charge in [-0.2, -0.15) is 0 Å². The van der Waals surface area contributed by atoms with Gasteiger partial charge >= 0.3 is 0 Å². The lowest BCUT2D eigenvalue weighted by Gasteiger charge is -2.29. The van der Waals surface area contributed by atoms with Crippen LogP contribution in [0.5, 0.6) is 5.88 Å². The fourth-order valence-corrected chi connectivity index (χ4v) is 3.88. The summed E-state index contributed by atoms with van der Waals surface area (Å²) in [6, 6.07) is 12.9. The second-order valence-corrected chi connectivity index (χ2v) is 7.66. The van der Waals surface area contributed by atoms with E-state index in [-0.39, 0.29) is 17.0 Å². The number of rotatable bonds is 5. The van der Waals surface area contributed by atoms with E-state index in [0.29, 0.717) is 43.2 Å². The number of hydrogen-bond donors (Lipinski definition) is 1. The molecule has 0 atom stereocenters. The van der Waals surface area contributed by atoms with Crippen molar-refractivity contribution in [3.05, 3.63) is 87.5 Å². The molecule has 3 aromatic rings. The minimum absolute atomic E-state index is 0.0354. The minimum Gasteiger partial charge on any atom is -0.481 e. The van der Waals surface area contributed by atoms with Gasteiger partial charge in [0.25, 0.3) is 11.5 Å². The monoisotopic (exact) mass is 432 g/mol. The highest BCUT2D eigenvalue weighted by atomic mass is 16.5. The molecular weight excluding hydrogens is 408 g/mol. The summed E-state index contributed by atoms with van der Waals surface area (Å²) in [6.45, 7) is 2.69.